The van der Waals surface area contributed by atoms with E-state index in [1.807, 2.05) is 49.4 Å². The van der Waals surface area contributed by atoms with Gasteiger partial charge in [-0.3, -0.25) is 0 Å². The van der Waals surface area contributed by atoms with Crippen LogP contribution < -0.4 is 10.6 Å². The van der Waals surface area contributed by atoms with Gasteiger partial charge in [0.05, 0.1) is 13.2 Å². The lowest BCUT2D eigenvalue weighted by Gasteiger charge is -2.25. The lowest BCUT2D eigenvalue weighted by molar-refractivity contribution is 0.0522. The van der Waals surface area contributed by atoms with Gasteiger partial charge in [-0.05, 0) is 84.3 Å². The van der Waals surface area contributed by atoms with Crippen molar-refractivity contribution in [3.8, 4) is 0 Å². The van der Waals surface area contributed by atoms with Crippen LogP contribution in [-0.4, -0.2) is 25.2 Å². The Morgan fingerprint density at radius 3 is 1.61 bits per heavy atom. The van der Waals surface area contributed by atoms with Gasteiger partial charge in [-0.2, -0.15) is 0 Å². The first-order valence-corrected chi connectivity index (χ1v) is 16.1. The quantitative estimate of drug-likeness (QED) is 0.128. The third-order valence-corrected chi connectivity index (χ3v) is 8.98. The molecule has 0 unspecified atom stereocenters. The fourth-order valence-electron chi connectivity index (χ4n) is 4.74. The fourth-order valence-corrected chi connectivity index (χ4v) is 6.61. The first-order valence-electron chi connectivity index (χ1n) is 14.4. The summed E-state index contributed by atoms with van der Waals surface area (Å²) < 4.78 is 12.2. The molecule has 2 aromatic heterocycles. The zero-order chi connectivity index (χ0) is 30.9. The number of hydrogen-bond acceptors (Lipinski definition) is 8. The number of nitrogen functional groups attached to an aromatic ring is 1. The Morgan fingerprint density at radius 1 is 0.636 bits per heavy atom. The van der Waals surface area contributed by atoms with Crippen molar-refractivity contribution in [2.75, 3.05) is 23.8 Å². The van der Waals surface area contributed by atoms with Gasteiger partial charge >= 0.3 is 11.9 Å². The monoisotopic (exact) mass is 622 g/mol. The van der Waals surface area contributed by atoms with E-state index in [0.717, 1.165) is 38.9 Å². The van der Waals surface area contributed by atoms with Crippen LogP contribution in [0.15, 0.2) is 109 Å². The molecule has 0 spiro atoms. The van der Waals surface area contributed by atoms with Gasteiger partial charge in [0.1, 0.15) is 9.75 Å². The van der Waals surface area contributed by atoms with E-state index in [1.165, 1.54) is 33.8 Å². The van der Waals surface area contributed by atoms with Crippen molar-refractivity contribution in [3.05, 3.63) is 130 Å². The molecule has 0 atom stereocenters. The summed E-state index contributed by atoms with van der Waals surface area (Å²) in [5.74, 6) is -0.516. The summed E-state index contributed by atoms with van der Waals surface area (Å²) in [6, 6.07) is 36.7. The molecule has 6 aromatic rings. The van der Waals surface area contributed by atoms with Crippen molar-refractivity contribution >= 4 is 66.2 Å². The standard InChI is InChI=1S/C25H23NO2S.C11H11NO2S/c1-2-28-25(27)24-16-21-15-22(13-14-23(21)29-24)26(17-19-9-5-3-6-10-19)18-20-11-7-4-8-12-20;1-2-14-11(13)10-6-7-5-8(12)3-4-9(7)15-10/h3-16H,2,17-18H2,1H3;3-6H,2,12H2,1H3. The van der Waals surface area contributed by atoms with E-state index in [2.05, 4.69) is 71.6 Å². The average Bonchev–Trinajstić information content (AvgIpc) is 3.66. The molecule has 6 rings (SSSR count). The zero-order valence-electron chi connectivity index (χ0n) is 24.7. The summed E-state index contributed by atoms with van der Waals surface area (Å²) in [5, 5.41) is 2.06. The molecule has 0 fully saturated rings. The Hall–Kier alpha value is -4.66. The second-order valence-corrected chi connectivity index (χ2v) is 12.2. The Morgan fingerprint density at radius 2 is 1.11 bits per heavy atom. The van der Waals surface area contributed by atoms with Crippen LogP contribution in [0.4, 0.5) is 11.4 Å². The molecule has 0 aliphatic heterocycles. The number of rotatable bonds is 9. The van der Waals surface area contributed by atoms with Crippen LogP contribution in [0, 0.1) is 0 Å². The number of fused-ring (bicyclic) bond motifs is 2. The van der Waals surface area contributed by atoms with E-state index in [4.69, 9.17) is 15.2 Å². The van der Waals surface area contributed by atoms with Gasteiger partial charge in [0.25, 0.3) is 0 Å². The maximum Gasteiger partial charge on any atom is 0.348 e. The Kier molecular flexibility index (Phi) is 10.3. The summed E-state index contributed by atoms with van der Waals surface area (Å²) in [7, 11) is 0. The minimum Gasteiger partial charge on any atom is -0.462 e. The van der Waals surface area contributed by atoms with Gasteiger partial charge < -0.3 is 20.1 Å². The zero-order valence-corrected chi connectivity index (χ0v) is 26.3. The summed E-state index contributed by atoms with van der Waals surface area (Å²) >= 11 is 2.90. The predicted molar refractivity (Wildman–Crippen MR) is 183 cm³/mol. The Labute approximate surface area is 265 Å². The molecular weight excluding hydrogens is 589 g/mol. The highest BCUT2D eigenvalue weighted by atomic mass is 32.1. The van der Waals surface area contributed by atoms with Gasteiger partial charge in [0.15, 0.2) is 0 Å². The fraction of sp³-hybridized carbons (Fsp3) is 0.167. The second kappa shape index (κ2) is 14.7. The maximum atomic E-state index is 12.1. The van der Waals surface area contributed by atoms with Gasteiger partial charge in [-0.1, -0.05) is 60.7 Å². The molecule has 44 heavy (non-hydrogen) atoms. The number of carbonyl (C=O) groups excluding carboxylic acids is 2. The highest BCUT2D eigenvalue weighted by Crippen LogP contribution is 2.31. The minimum atomic E-state index is -0.266. The lowest BCUT2D eigenvalue weighted by atomic mass is 10.1. The molecule has 4 aromatic carbocycles. The molecule has 0 aliphatic rings. The van der Waals surface area contributed by atoms with Crippen LogP contribution in [-0.2, 0) is 22.6 Å². The Balaban J connectivity index is 0.000000215. The van der Waals surface area contributed by atoms with Crippen molar-refractivity contribution in [1.82, 2.24) is 0 Å². The lowest BCUT2D eigenvalue weighted by Crippen LogP contribution is -2.22. The van der Waals surface area contributed by atoms with Gasteiger partial charge in [0, 0.05) is 33.9 Å². The van der Waals surface area contributed by atoms with Gasteiger partial charge in [0.2, 0.25) is 0 Å². The van der Waals surface area contributed by atoms with Gasteiger partial charge in [-0.15, -0.1) is 22.7 Å². The van der Waals surface area contributed by atoms with E-state index < -0.39 is 0 Å². The minimum absolute atomic E-state index is 0.249. The number of nitrogens with two attached hydrogens (primary N) is 1. The summed E-state index contributed by atoms with van der Waals surface area (Å²) in [4.78, 5) is 27.2. The number of nitrogens with zero attached hydrogens (tertiary/aromatic N) is 1. The van der Waals surface area contributed by atoms with Crippen molar-refractivity contribution in [2.45, 2.75) is 26.9 Å². The largest absolute Gasteiger partial charge is 0.462 e. The van der Waals surface area contributed by atoms with Crippen LogP contribution in [0.1, 0.15) is 44.3 Å². The highest BCUT2D eigenvalue weighted by molar-refractivity contribution is 7.21. The second-order valence-electron chi connectivity index (χ2n) is 10.0. The molecule has 0 saturated heterocycles. The maximum absolute atomic E-state index is 12.1. The number of ether oxygens (including phenoxy) is 2. The summed E-state index contributed by atoms with van der Waals surface area (Å²) in [6.45, 7) is 6.04. The number of carbonyl (C=O) groups is 2. The van der Waals surface area contributed by atoms with Crippen molar-refractivity contribution < 1.29 is 19.1 Å². The molecular formula is C36H34N2O4S2. The van der Waals surface area contributed by atoms with E-state index in [1.54, 1.807) is 6.92 Å². The molecule has 2 N–H and O–H groups in total. The van der Waals surface area contributed by atoms with Crippen LogP contribution in [0.5, 0.6) is 0 Å². The van der Waals surface area contributed by atoms with Crippen LogP contribution in [0.2, 0.25) is 0 Å². The topological polar surface area (TPSA) is 81.9 Å². The number of anilines is 2. The van der Waals surface area contributed by atoms with E-state index in [9.17, 15) is 9.59 Å². The SMILES string of the molecule is CCOC(=O)c1cc2cc(N(Cc3ccccc3)Cc3ccccc3)ccc2s1.CCOC(=O)c1cc2cc(N)ccc2s1. The molecule has 0 bridgehead atoms. The van der Waals surface area contributed by atoms with E-state index >= 15 is 0 Å². The van der Waals surface area contributed by atoms with Crippen LogP contribution in [0.25, 0.3) is 20.2 Å². The van der Waals surface area contributed by atoms with Crippen molar-refractivity contribution in [2.24, 2.45) is 0 Å². The summed E-state index contributed by atoms with van der Waals surface area (Å²) in [6.07, 6.45) is 0. The highest BCUT2D eigenvalue weighted by Gasteiger charge is 2.14. The summed E-state index contributed by atoms with van der Waals surface area (Å²) in [5.41, 5.74) is 10.0. The smallest absolute Gasteiger partial charge is 0.348 e. The molecule has 224 valence electrons. The van der Waals surface area contributed by atoms with E-state index in [0.29, 0.717) is 28.7 Å². The normalized spacial score (nSPS) is 10.7. The molecule has 2 heterocycles. The molecule has 6 nitrogen and oxygen atoms in total. The molecule has 8 heteroatoms. The molecule has 0 saturated carbocycles. The average molecular weight is 623 g/mol. The first kappa shape index (κ1) is 30.8. The first-order chi connectivity index (χ1) is 21.4. The molecule has 0 radical (unpaired) electrons. The number of hydrogen-bond donors (Lipinski definition) is 1. The molecule has 0 amide bonds. The third kappa shape index (κ3) is 7.83. The third-order valence-electron chi connectivity index (χ3n) is 6.79. The number of benzene rings is 4. The van der Waals surface area contributed by atoms with Crippen LogP contribution in [0.3, 0.4) is 0 Å². The molecule has 0 aliphatic carbocycles. The van der Waals surface area contributed by atoms with Crippen molar-refractivity contribution in [3.63, 3.8) is 0 Å². The predicted octanol–water partition coefficient (Wildman–Crippen LogP) is 8.95. The van der Waals surface area contributed by atoms with Gasteiger partial charge in [-0.25, -0.2) is 9.59 Å². The van der Waals surface area contributed by atoms with Crippen LogP contribution >= 0.6 is 22.7 Å². The van der Waals surface area contributed by atoms with Crippen molar-refractivity contribution in [1.29, 1.82) is 0 Å². The van der Waals surface area contributed by atoms with E-state index in [-0.39, 0.29) is 11.9 Å². The number of thiophene rings is 2. The number of esters is 2. The Bertz CT molecular complexity index is 1810.